The summed E-state index contributed by atoms with van der Waals surface area (Å²) in [4.78, 5) is 23.4. The normalized spacial score (nSPS) is 14.2. The summed E-state index contributed by atoms with van der Waals surface area (Å²) >= 11 is 0. The Morgan fingerprint density at radius 1 is 1.35 bits per heavy atom. The maximum absolute atomic E-state index is 13.3. The summed E-state index contributed by atoms with van der Waals surface area (Å²) in [6, 6.07) is 5.84. The average Bonchev–Trinajstić information content (AvgIpc) is 2.80. The van der Waals surface area contributed by atoms with Crippen molar-refractivity contribution in [3.05, 3.63) is 47.0 Å². The van der Waals surface area contributed by atoms with Crippen LogP contribution in [0.1, 0.15) is 39.4 Å². The minimum Gasteiger partial charge on any atom is -0.364 e. The van der Waals surface area contributed by atoms with Crippen molar-refractivity contribution >= 4 is 11.7 Å². The summed E-state index contributed by atoms with van der Waals surface area (Å²) in [6.45, 7) is 0. The van der Waals surface area contributed by atoms with Gasteiger partial charge in [-0.2, -0.15) is 5.10 Å². The Balaban J connectivity index is 2.25. The van der Waals surface area contributed by atoms with Gasteiger partial charge in [0.15, 0.2) is 11.5 Å². The molecule has 0 fully saturated rings. The molecule has 6 heteroatoms. The molecule has 0 atom stereocenters. The number of carbonyl (C=O) groups excluding carboxylic acids is 2. The van der Waals surface area contributed by atoms with E-state index in [0.29, 0.717) is 30.6 Å². The molecule has 0 saturated heterocycles. The highest BCUT2D eigenvalue weighted by molar-refractivity contribution is 6.08. The first kappa shape index (κ1) is 12.5. The Bertz CT molecular complexity index is 721. The number of carbonyl (C=O) groups is 2. The van der Waals surface area contributed by atoms with E-state index < -0.39 is 11.7 Å². The Morgan fingerprint density at radius 3 is 2.85 bits per heavy atom. The first-order valence-corrected chi connectivity index (χ1v) is 6.29. The van der Waals surface area contributed by atoms with E-state index in [0.717, 1.165) is 0 Å². The molecule has 0 radical (unpaired) electrons. The summed E-state index contributed by atoms with van der Waals surface area (Å²) < 4.78 is 14.8. The van der Waals surface area contributed by atoms with Crippen LogP contribution in [0.4, 0.5) is 4.39 Å². The van der Waals surface area contributed by atoms with Gasteiger partial charge in [-0.1, -0.05) is 6.07 Å². The van der Waals surface area contributed by atoms with Crippen molar-refractivity contribution in [1.82, 2.24) is 9.78 Å². The molecule has 2 aromatic rings. The SMILES string of the molecule is NC(=O)c1nn(-c2cccc(F)c2)c2c1C(=O)CCC2. The van der Waals surface area contributed by atoms with Gasteiger partial charge in [-0.3, -0.25) is 9.59 Å². The van der Waals surface area contributed by atoms with Crippen molar-refractivity contribution in [3.63, 3.8) is 0 Å². The smallest absolute Gasteiger partial charge is 0.269 e. The van der Waals surface area contributed by atoms with Crippen LogP contribution >= 0.6 is 0 Å². The summed E-state index contributed by atoms with van der Waals surface area (Å²) in [6.07, 6.45) is 1.67. The third kappa shape index (κ3) is 1.89. The van der Waals surface area contributed by atoms with Gasteiger partial charge in [-0.05, 0) is 31.0 Å². The van der Waals surface area contributed by atoms with Crippen LogP contribution in [0.15, 0.2) is 24.3 Å². The van der Waals surface area contributed by atoms with Crippen molar-refractivity contribution in [3.8, 4) is 5.69 Å². The summed E-state index contributed by atoms with van der Waals surface area (Å²) in [5, 5.41) is 4.11. The van der Waals surface area contributed by atoms with Crippen LogP contribution in [0, 0.1) is 5.82 Å². The molecule has 1 aliphatic carbocycles. The van der Waals surface area contributed by atoms with Gasteiger partial charge in [0.2, 0.25) is 0 Å². The van der Waals surface area contributed by atoms with E-state index >= 15 is 0 Å². The lowest BCUT2D eigenvalue weighted by Gasteiger charge is -2.13. The van der Waals surface area contributed by atoms with Gasteiger partial charge in [-0.15, -0.1) is 0 Å². The van der Waals surface area contributed by atoms with Gasteiger partial charge in [0.05, 0.1) is 16.9 Å². The highest BCUT2D eigenvalue weighted by atomic mass is 19.1. The number of nitrogens with two attached hydrogens (primary N) is 1. The van der Waals surface area contributed by atoms with E-state index in [2.05, 4.69) is 5.10 Å². The van der Waals surface area contributed by atoms with Crippen LogP contribution in [0.3, 0.4) is 0 Å². The first-order chi connectivity index (χ1) is 9.58. The van der Waals surface area contributed by atoms with Gasteiger partial charge in [0.25, 0.3) is 5.91 Å². The molecule has 0 spiro atoms. The fraction of sp³-hybridized carbons (Fsp3) is 0.214. The Kier molecular flexibility index (Phi) is 2.85. The monoisotopic (exact) mass is 273 g/mol. The van der Waals surface area contributed by atoms with Crippen LogP contribution in [0.2, 0.25) is 0 Å². The van der Waals surface area contributed by atoms with E-state index in [9.17, 15) is 14.0 Å². The quantitative estimate of drug-likeness (QED) is 0.903. The number of nitrogens with zero attached hydrogens (tertiary/aromatic N) is 2. The van der Waals surface area contributed by atoms with Crippen LogP contribution < -0.4 is 5.73 Å². The highest BCUT2D eigenvalue weighted by Gasteiger charge is 2.29. The number of halogens is 1. The molecule has 3 rings (SSSR count). The molecular formula is C14H12FN3O2. The number of Topliss-reactive ketones (excluding diaryl/α,β-unsaturated/α-hetero) is 1. The summed E-state index contributed by atoms with van der Waals surface area (Å²) in [7, 11) is 0. The molecule has 20 heavy (non-hydrogen) atoms. The fourth-order valence-electron chi connectivity index (χ4n) is 2.51. The molecule has 0 unspecified atom stereocenters. The molecular weight excluding hydrogens is 261 g/mol. The molecule has 102 valence electrons. The average molecular weight is 273 g/mol. The number of ketones is 1. The van der Waals surface area contributed by atoms with Crippen LogP contribution in [-0.4, -0.2) is 21.5 Å². The molecule has 2 N–H and O–H groups in total. The minimum absolute atomic E-state index is 0.0334. The first-order valence-electron chi connectivity index (χ1n) is 6.29. The number of aromatic nitrogens is 2. The van der Waals surface area contributed by atoms with Crippen molar-refractivity contribution in [2.45, 2.75) is 19.3 Å². The van der Waals surface area contributed by atoms with Crippen molar-refractivity contribution in [2.24, 2.45) is 5.73 Å². The predicted octanol–water partition coefficient (Wildman–Crippen LogP) is 1.63. The molecule has 1 aromatic heterocycles. The third-order valence-electron chi connectivity index (χ3n) is 3.36. The number of benzene rings is 1. The third-order valence-corrected chi connectivity index (χ3v) is 3.36. The number of hydrogen-bond acceptors (Lipinski definition) is 3. The topological polar surface area (TPSA) is 78.0 Å². The van der Waals surface area contributed by atoms with Crippen molar-refractivity contribution in [2.75, 3.05) is 0 Å². The number of fused-ring (bicyclic) bond motifs is 1. The van der Waals surface area contributed by atoms with Crippen LogP contribution in [-0.2, 0) is 6.42 Å². The molecule has 1 aliphatic rings. The van der Waals surface area contributed by atoms with E-state index in [1.165, 1.54) is 16.8 Å². The molecule has 1 amide bonds. The van der Waals surface area contributed by atoms with Gasteiger partial charge in [-0.25, -0.2) is 9.07 Å². The van der Waals surface area contributed by atoms with Crippen molar-refractivity contribution < 1.29 is 14.0 Å². The largest absolute Gasteiger partial charge is 0.364 e. The Labute approximate surface area is 114 Å². The van der Waals surface area contributed by atoms with Crippen molar-refractivity contribution in [1.29, 1.82) is 0 Å². The Morgan fingerprint density at radius 2 is 2.15 bits per heavy atom. The zero-order chi connectivity index (χ0) is 14.3. The number of hydrogen-bond donors (Lipinski definition) is 1. The maximum Gasteiger partial charge on any atom is 0.269 e. The van der Waals surface area contributed by atoms with E-state index in [1.807, 2.05) is 0 Å². The minimum atomic E-state index is -0.744. The predicted molar refractivity (Wildman–Crippen MR) is 69.3 cm³/mol. The van der Waals surface area contributed by atoms with E-state index in [4.69, 9.17) is 5.73 Å². The van der Waals surface area contributed by atoms with E-state index in [-0.39, 0.29) is 17.0 Å². The number of amides is 1. The fourth-order valence-corrected chi connectivity index (χ4v) is 2.51. The molecule has 1 aromatic carbocycles. The Hall–Kier alpha value is -2.50. The van der Waals surface area contributed by atoms with Gasteiger partial charge in [0, 0.05) is 6.42 Å². The molecule has 5 nitrogen and oxygen atoms in total. The van der Waals surface area contributed by atoms with Gasteiger partial charge < -0.3 is 5.73 Å². The van der Waals surface area contributed by atoms with Crippen LogP contribution in [0.5, 0.6) is 0 Å². The molecule has 0 bridgehead atoms. The molecule has 0 aliphatic heterocycles. The molecule has 0 saturated carbocycles. The number of rotatable bonds is 2. The highest BCUT2D eigenvalue weighted by Crippen LogP contribution is 2.27. The second-order valence-electron chi connectivity index (χ2n) is 4.70. The second-order valence-corrected chi connectivity index (χ2v) is 4.70. The lowest BCUT2D eigenvalue weighted by atomic mass is 9.94. The lowest BCUT2D eigenvalue weighted by molar-refractivity contribution is 0.0948. The summed E-state index contributed by atoms with van der Waals surface area (Å²) in [5.41, 5.74) is 6.63. The van der Waals surface area contributed by atoms with Gasteiger partial charge >= 0.3 is 0 Å². The van der Waals surface area contributed by atoms with E-state index in [1.54, 1.807) is 12.1 Å². The zero-order valence-corrected chi connectivity index (χ0v) is 10.6. The lowest BCUT2D eigenvalue weighted by Crippen LogP contribution is -2.18. The maximum atomic E-state index is 13.3. The second kappa shape index (κ2) is 4.56. The molecule has 1 heterocycles. The standard InChI is InChI=1S/C14H12FN3O2/c15-8-3-1-4-9(7-8)18-10-5-2-6-11(19)12(10)13(17-18)14(16)20/h1,3-4,7H,2,5-6H2,(H2,16,20). The number of primary amides is 1. The van der Waals surface area contributed by atoms with Gasteiger partial charge in [0.1, 0.15) is 5.82 Å². The zero-order valence-electron chi connectivity index (χ0n) is 10.6. The summed E-state index contributed by atoms with van der Waals surface area (Å²) in [5.74, 6) is -1.29. The van der Waals surface area contributed by atoms with Crippen LogP contribution in [0.25, 0.3) is 5.69 Å².